The third-order valence-corrected chi connectivity index (χ3v) is 3.54. The van der Waals surface area contributed by atoms with Gasteiger partial charge in [-0.1, -0.05) is 13.8 Å². The fourth-order valence-corrected chi connectivity index (χ4v) is 2.13. The van der Waals surface area contributed by atoms with E-state index in [-0.39, 0.29) is 18.6 Å². The minimum Gasteiger partial charge on any atom is -0.394 e. The number of rotatable bonds is 4. The van der Waals surface area contributed by atoms with Gasteiger partial charge in [-0.15, -0.1) is 0 Å². The molecule has 15 heavy (non-hydrogen) atoms. The quantitative estimate of drug-likeness (QED) is 0.715. The number of carbonyl (C=O) groups is 1. The lowest BCUT2D eigenvalue weighted by Crippen LogP contribution is -2.56. The number of nitrogens with two attached hydrogens (primary N) is 1. The van der Waals surface area contributed by atoms with Crippen LogP contribution in [0.1, 0.15) is 39.5 Å². The molecule has 4 heteroatoms. The Morgan fingerprint density at radius 1 is 1.53 bits per heavy atom. The first kappa shape index (κ1) is 12.5. The SMILES string of the molecule is CCC(N)(CC)C(=O)N1CCCC1CO. The van der Waals surface area contributed by atoms with Gasteiger partial charge in [0.05, 0.1) is 18.2 Å². The molecule has 1 amide bonds. The number of aliphatic hydroxyl groups is 1. The summed E-state index contributed by atoms with van der Waals surface area (Å²) in [5.41, 5.74) is 5.33. The second kappa shape index (κ2) is 4.94. The van der Waals surface area contributed by atoms with E-state index in [4.69, 9.17) is 10.8 Å². The van der Waals surface area contributed by atoms with Crippen LogP contribution in [-0.2, 0) is 4.79 Å². The fraction of sp³-hybridized carbons (Fsp3) is 0.909. The average molecular weight is 214 g/mol. The number of nitrogens with zero attached hydrogens (tertiary/aromatic N) is 1. The molecule has 1 heterocycles. The highest BCUT2D eigenvalue weighted by atomic mass is 16.3. The Morgan fingerprint density at radius 2 is 2.13 bits per heavy atom. The molecule has 0 radical (unpaired) electrons. The van der Waals surface area contributed by atoms with Gasteiger partial charge < -0.3 is 15.7 Å². The summed E-state index contributed by atoms with van der Waals surface area (Å²) in [4.78, 5) is 13.9. The second-order valence-electron chi connectivity index (χ2n) is 4.34. The highest BCUT2D eigenvalue weighted by molar-refractivity contribution is 5.86. The molecule has 1 unspecified atom stereocenters. The minimum absolute atomic E-state index is 0.00375. The van der Waals surface area contributed by atoms with Crippen LogP contribution in [0, 0.1) is 0 Å². The van der Waals surface area contributed by atoms with Gasteiger partial charge in [-0.25, -0.2) is 0 Å². The Kier molecular flexibility index (Phi) is 4.11. The molecule has 1 aliphatic heterocycles. The molecular weight excluding hydrogens is 192 g/mol. The lowest BCUT2D eigenvalue weighted by atomic mass is 9.92. The minimum atomic E-state index is -0.738. The molecule has 3 N–H and O–H groups in total. The highest BCUT2D eigenvalue weighted by Gasteiger charge is 2.38. The van der Waals surface area contributed by atoms with Crippen molar-refractivity contribution in [3.63, 3.8) is 0 Å². The number of amides is 1. The Morgan fingerprint density at radius 3 is 2.60 bits per heavy atom. The monoisotopic (exact) mass is 214 g/mol. The van der Waals surface area contributed by atoms with Crippen LogP contribution >= 0.6 is 0 Å². The number of aliphatic hydroxyl groups excluding tert-OH is 1. The zero-order valence-electron chi connectivity index (χ0n) is 9.70. The van der Waals surface area contributed by atoms with Gasteiger partial charge in [0.15, 0.2) is 0 Å². The van der Waals surface area contributed by atoms with E-state index < -0.39 is 5.54 Å². The molecule has 1 saturated heterocycles. The lowest BCUT2D eigenvalue weighted by Gasteiger charge is -2.33. The van der Waals surface area contributed by atoms with E-state index in [0.717, 1.165) is 19.4 Å². The highest BCUT2D eigenvalue weighted by Crippen LogP contribution is 2.23. The van der Waals surface area contributed by atoms with Crippen LogP contribution in [0.25, 0.3) is 0 Å². The van der Waals surface area contributed by atoms with E-state index in [1.807, 2.05) is 13.8 Å². The largest absolute Gasteiger partial charge is 0.394 e. The van der Waals surface area contributed by atoms with Gasteiger partial charge in [0, 0.05) is 6.54 Å². The van der Waals surface area contributed by atoms with Gasteiger partial charge in [0.2, 0.25) is 5.91 Å². The first-order valence-electron chi connectivity index (χ1n) is 5.79. The first-order chi connectivity index (χ1) is 7.09. The van der Waals surface area contributed by atoms with Crippen LogP contribution < -0.4 is 5.73 Å². The predicted octanol–water partition coefficient (Wildman–Crippen LogP) is 0.487. The average Bonchev–Trinajstić information content (AvgIpc) is 2.74. The van der Waals surface area contributed by atoms with Crippen molar-refractivity contribution in [3.05, 3.63) is 0 Å². The Bertz CT molecular complexity index is 227. The molecule has 0 spiro atoms. The molecule has 88 valence electrons. The summed E-state index contributed by atoms with van der Waals surface area (Å²) < 4.78 is 0. The number of carbonyl (C=O) groups excluding carboxylic acids is 1. The van der Waals surface area contributed by atoms with E-state index in [0.29, 0.717) is 12.8 Å². The summed E-state index contributed by atoms with van der Waals surface area (Å²) in [6, 6.07) is -0.0153. The lowest BCUT2D eigenvalue weighted by molar-refractivity contribution is -0.138. The van der Waals surface area contributed by atoms with Crippen molar-refractivity contribution < 1.29 is 9.90 Å². The predicted molar refractivity (Wildman–Crippen MR) is 59.3 cm³/mol. The standard InChI is InChI=1S/C11H22N2O2/c1-3-11(12,4-2)10(15)13-7-5-6-9(13)8-14/h9,14H,3-8,12H2,1-2H3. The van der Waals surface area contributed by atoms with E-state index in [1.54, 1.807) is 4.90 Å². The van der Waals surface area contributed by atoms with Crippen molar-refractivity contribution in [2.75, 3.05) is 13.2 Å². The van der Waals surface area contributed by atoms with Crippen molar-refractivity contribution in [2.24, 2.45) is 5.73 Å². The van der Waals surface area contributed by atoms with Gasteiger partial charge in [0.25, 0.3) is 0 Å². The Balaban J connectivity index is 2.74. The third-order valence-electron chi connectivity index (χ3n) is 3.54. The molecule has 1 fully saturated rings. The molecule has 1 rings (SSSR count). The van der Waals surface area contributed by atoms with Crippen molar-refractivity contribution in [3.8, 4) is 0 Å². The zero-order chi connectivity index (χ0) is 11.5. The molecular formula is C11H22N2O2. The van der Waals surface area contributed by atoms with Crippen LogP contribution in [0.15, 0.2) is 0 Å². The normalized spacial score (nSPS) is 22.1. The van der Waals surface area contributed by atoms with Gasteiger partial charge in [-0.3, -0.25) is 4.79 Å². The van der Waals surface area contributed by atoms with E-state index in [1.165, 1.54) is 0 Å². The molecule has 1 aliphatic rings. The van der Waals surface area contributed by atoms with Gasteiger partial charge in [0.1, 0.15) is 0 Å². The van der Waals surface area contributed by atoms with Gasteiger partial charge >= 0.3 is 0 Å². The number of likely N-dealkylation sites (tertiary alicyclic amines) is 1. The zero-order valence-corrected chi connectivity index (χ0v) is 9.70. The Labute approximate surface area is 91.4 Å². The Hall–Kier alpha value is -0.610. The van der Waals surface area contributed by atoms with Crippen LogP contribution in [0.3, 0.4) is 0 Å². The van der Waals surface area contributed by atoms with Crippen LogP contribution in [-0.4, -0.2) is 40.6 Å². The molecule has 0 saturated carbocycles. The van der Waals surface area contributed by atoms with Crippen molar-refractivity contribution in [2.45, 2.75) is 51.1 Å². The third kappa shape index (κ3) is 2.32. The molecule has 0 aromatic rings. The van der Waals surface area contributed by atoms with Crippen molar-refractivity contribution in [1.29, 1.82) is 0 Å². The summed E-state index contributed by atoms with van der Waals surface area (Å²) in [6.07, 6.45) is 3.17. The van der Waals surface area contributed by atoms with Gasteiger partial charge in [-0.2, -0.15) is 0 Å². The maximum Gasteiger partial charge on any atom is 0.242 e. The number of hydrogen-bond acceptors (Lipinski definition) is 3. The molecule has 0 aliphatic carbocycles. The van der Waals surface area contributed by atoms with Crippen molar-refractivity contribution in [1.82, 2.24) is 4.90 Å². The maximum absolute atomic E-state index is 12.2. The number of hydrogen-bond donors (Lipinski definition) is 2. The van der Waals surface area contributed by atoms with Crippen LogP contribution in [0.2, 0.25) is 0 Å². The van der Waals surface area contributed by atoms with E-state index in [9.17, 15) is 4.79 Å². The molecule has 4 nitrogen and oxygen atoms in total. The smallest absolute Gasteiger partial charge is 0.242 e. The summed E-state index contributed by atoms with van der Waals surface area (Å²) in [5.74, 6) is 0.00375. The topological polar surface area (TPSA) is 66.6 Å². The van der Waals surface area contributed by atoms with Crippen molar-refractivity contribution >= 4 is 5.91 Å². The summed E-state index contributed by atoms with van der Waals surface area (Å²) in [6.45, 7) is 4.66. The first-order valence-corrected chi connectivity index (χ1v) is 5.79. The fourth-order valence-electron chi connectivity index (χ4n) is 2.13. The van der Waals surface area contributed by atoms with Crippen LogP contribution in [0.5, 0.6) is 0 Å². The summed E-state index contributed by atoms with van der Waals surface area (Å²) in [5, 5.41) is 9.16. The molecule has 0 aromatic heterocycles. The molecule has 1 atom stereocenters. The van der Waals surface area contributed by atoms with E-state index >= 15 is 0 Å². The van der Waals surface area contributed by atoms with Crippen LogP contribution in [0.4, 0.5) is 0 Å². The van der Waals surface area contributed by atoms with E-state index in [2.05, 4.69) is 0 Å². The summed E-state index contributed by atoms with van der Waals surface area (Å²) in [7, 11) is 0. The van der Waals surface area contributed by atoms with Gasteiger partial charge in [-0.05, 0) is 25.7 Å². The second-order valence-corrected chi connectivity index (χ2v) is 4.34. The maximum atomic E-state index is 12.2. The molecule has 0 bridgehead atoms. The summed E-state index contributed by atoms with van der Waals surface area (Å²) >= 11 is 0. The molecule has 0 aromatic carbocycles.